The number of benzene rings is 1. The van der Waals surface area contributed by atoms with Gasteiger partial charge in [-0.15, -0.1) is 11.3 Å². The number of amides is 1. The van der Waals surface area contributed by atoms with E-state index in [9.17, 15) is 13.6 Å². The topological polar surface area (TPSA) is 41.5 Å². The highest BCUT2D eigenvalue weighted by Gasteiger charge is 2.16. The van der Waals surface area contributed by atoms with Gasteiger partial charge in [-0.3, -0.25) is 4.79 Å². The van der Waals surface area contributed by atoms with Crippen molar-refractivity contribution in [3.63, 3.8) is 0 Å². The Hall–Kier alpha value is -2.08. The fourth-order valence-electron chi connectivity index (χ4n) is 2.62. The highest BCUT2D eigenvalue weighted by Crippen LogP contribution is 2.28. The predicted molar refractivity (Wildman–Crippen MR) is 87.0 cm³/mol. The molecule has 120 valence electrons. The molecule has 1 amide bonds. The fourth-order valence-corrected chi connectivity index (χ4v) is 3.77. The van der Waals surface area contributed by atoms with Crippen molar-refractivity contribution in [1.82, 2.24) is 5.43 Å². The lowest BCUT2D eigenvalue weighted by atomic mass is 10.1. The molecular weight excluding hydrogens is 318 g/mol. The third-order valence-corrected chi connectivity index (χ3v) is 5.07. The summed E-state index contributed by atoms with van der Waals surface area (Å²) in [4.78, 5) is 14.0. The molecule has 0 bridgehead atoms. The SMILES string of the molecule is O=C(N/N=C\c1c(F)cccc1F)c1cc2c(s1)CCCCC2. The molecule has 23 heavy (non-hydrogen) atoms. The third-order valence-electron chi connectivity index (χ3n) is 3.83. The number of rotatable bonds is 3. The molecule has 3 rings (SSSR count). The summed E-state index contributed by atoms with van der Waals surface area (Å²) < 4.78 is 26.9. The van der Waals surface area contributed by atoms with Gasteiger partial charge in [0.15, 0.2) is 0 Å². The first-order valence-corrected chi connectivity index (χ1v) is 8.36. The van der Waals surface area contributed by atoms with Gasteiger partial charge in [0.25, 0.3) is 5.91 Å². The maximum Gasteiger partial charge on any atom is 0.281 e. The van der Waals surface area contributed by atoms with Crippen LogP contribution in [-0.4, -0.2) is 12.1 Å². The van der Waals surface area contributed by atoms with Gasteiger partial charge in [-0.05, 0) is 49.4 Å². The first kappa shape index (κ1) is 15.8. The van der Waals surface area contributed by atoms with Crippen LogP contribution in [0.25, 0.3) is 0 Å². The molecule has 0 radical (unpaired) electrons. The van der Waals surface area contributed by atoms with Gasteiger partial charge in [0.1, 0.15) is 11.6 Å². The second kappa shape index (κ2) is 7.00. The molecule has 0 atom stereocenters. The molecule has 1 aromatic carbocycles. The van der Waals surface area contributed by atoms with Gasteiger partial charge in [-0.2, -0.15) is 5.10 Å². The average molecular weight is 334 g/mol. The number of carbonyl (C=O) groups excluding carboxylic acids is 1. The standard InChI is InChI=1S/C17H16F2N2OS/c18-13-6-4-7-14(19)12(13)10-20-21-17(22)16-9-11-5-2-1-3-8-15(11)23-16/h4,6-7,9-10H,1-3,5,8H2,(H,21,22)/b20-10-. The summed E-state index contributed by atoms with van der Waals surface area (Å²) in [6.45, 7) is 0. The molecule has 1 aliphatic carbocycles. The van der Waals surface area contributed by atoms with Crippen LogP contribution in [0.3, 0.4) is 0 Å². The quantitative estimate of drug-likeness (QED) is 0.513. The summed E-state index contributed by atoms with van der Waals surface area (Å²) in [5.74, 6) is -1.78. The van der Waals surface area contributed by atoms with Crippen molar-refractivity contribution in [2.24, 2.45) is 5.10 Å². The number of fused-ring (bicyclic) bond motifs is 1. The lowest BCUT2D eigenvalue weighted by Gasteiger charge is -1.99. The number of nitrogens with one attached hydrogen (secondary N) is 1. The Morgan fingerprint density at radius 2 is 1.91 bits per heavy atom. The van der Waals surface area contributed by atoms with Crippen molar-refractivity contribution in [1.29, 1.82) is 0 Å². The molecule has 0 spiro atoms. The molecule has 1 N–H and O–H groups in total. The summed E-state index contributed by atoms with van der Waals surface area (Å²) in [5, 5.41) is 3.67. The third kappa shape index (κ3) is 3.64. The Kier molecular flexibility index (Phi) is 4.81. The maximum atomic E-state index is 13.4. The summed E-state index contributed by atoms with van der Waals surface area (Å²) >= 11 is 1.48. The minimum atomic E-state index is -0.717. The average Bonchev–Trinajstić information content (AvgIpc) is 2.81. The zero-order valence-electron chi connectivity index (χ0n) is 12.4. The Labute approximate surface area is 137 Å². The second-order valence-electron chi connectivity index (χ2n) is 5.45. The first-order valence-electron chi connectivity index (χ1n) is 7.54. The van der Waals surface area contributed by atoms with Crippen LogP contribution in [0.5, 0.6) is 0 Å². The first-order chi connectivity index (χ1) is 11.1. The van der Waals surface area contributed by atoms with Gasteiger partial charge in [0, 0.05) is 4.88 Å². The van der Waals surface area contributed by atoms with Crippen LogP contribution in [0.1, 0.15) is 44.9 Å². The summed E-state index contributed by atoms with van der Waals surface area (Å²) in [6.07, 6.45) is 6.52. The predicted octanol–water partition coefficient (Wildman–Crippen LogP) is 4.06. The zero-order valence-corrected chi connectivity index (χ0v) is 13.3. The van der Waals surface area contributed by atoms with Crippen LogP contribution in [0.4, 0.5) is 8.78 Å². The number of halogens is 2. The van der Waals surface area contributed by atoms with E-state index in [0.29, 0.717) is 4.88 Å². The smallest absolute Gasteiger partial charge is 0.266 e. The number of aryl methyl sites for hydroxylation is 2. The highest BCUT2D eigenvalue weighted by atomic mass is 32.1. The molecule has 3 nitrogen and oxygen atoms in total. The van der Waals surface area contributed by atoms with Gasteiger partial charge in [-0.25, -0.2) is 14.2 Å². The Bertz CT molecular complexity index is 711. The normalized spacial score (nSPS) is 14.5. The van der Waals surface area contributed by atoms with E-state index in [1.165, 1.54) is 34.3 Å². The van der Waals surface area contributed by atoms with Gasteiger partial charge >= 0.3 is 0 Å². The van der Waals surface area contributed by atoms with Crippen LogP contribution in [0.2, 0.25) is 0 Å². The van der Waals surface area contributed by atoms with E-state index >= 15 is 0 Å². The number of hydrogen-bond acceptors (Lipinski definition) is 3. The molecule has 0 saturated heterocycles. The summed E-state index contributed by atoms with van der Waals surface area (Å²) in [5.41, 5.74) is 3.30. The summed E-state index contributed by atoms with van der Waals surface area (Å²) in [7, 11) is 0. The molecule has 2 aromatic rings. The van der Waals surface area contributed by atoms with E-state index in [-0.39, 0.29) is 11.5 Å². The van der Waals surface area contributed by atoms with Crippen LogP contribution >= 0.6 is 11.3 Å². The van der Waals surface area contributed by atoms with E-state index < -0.39 is 11.6 Å². The second-order valence-corrected chi connectivity index (χ2v) is 6.59. The molecule has 0 saturated carbocycles. The molecule has 1 aromatic heterocycles. The van der Waals surface area contributed by atoms with Crippen LogP contribution in [-0.2, 0) is 12.8 Å². The minimum absolute atomic E-state index is 0.269. The Morgan fingerprint density at radius 3 is 2.70 bits per heavy atom. The minimum Gasteiger partial charge on any atom is -0.266 e. The number of thiophene rings is 1. The molecule has 0 aliphatic heterocycles. The lowest BCUT2D eigenvalue weighted by molar-refractivity contribution is 0.0959. The van der Waals surface area contributed by atoms with E-state index in [4.69, 9.17) is 0 Å². The number of hydrazone groups is 1. The monoisotopic (exact) mass is 334 g/mol. The molecular formula is C17H16F2N2OS. The van der Waals surface area contributed by atoms with E-state index in [1.807, 2.05) is 6.07 Å². The van der Waals surface area contributed by atoms with Gasteiger partial charge in [-0.1, -0.05) is 12.5 Å². The van der Waals surface area contributed by atoms with E-state index in [2.05, 4.69) is 10.5 Å². The van der Waals surface area contributed by atoms with Crippen molar-refractivity contribution in [2.45, 2.75) is 32.1 Å². The van der Waals surface area contributed by atoms with Crippen LogP contribution < -0.4 is 5.43 Å². The number of hydrogen-bond donors (Lipinski definition) is 1. The zero-order chi connectivity index (χ0) is 16.2. The maximum absolute atomic E-state index is 13.4. The van der Waals surface area contributed by atoms with E-state index in [0.717, 1.165) is 44.0 Å². The number of nitrogens with zero attached hydrogens (tertiary/aromatic N) is 1. The highest BCUT2D eigenvalue weighted by molar-refractivity contribution is 7.14. The largest absolute Gasteiger partial charge is 0.281 e. The van der Waals surface area contributed by atoms with Gasteiger partial charge < -0.3 is 0 Å². The Balaban J connectivity index is 1.69. The van der Waals surface area contributed by atoms with Gasteiger partial charge in [0.05, 0.1) is 16.7 Å². The Morgan fingerprint density at radius 1 is 1.17 bits per heavy atom. The molecule has 6 heteroatoms. The fraction of sp³-hybridized carbons (Fsp3) is 0.294. The van der Waals surface area contributed by atoms with Crippen molar-refractivity contribution in [3.05, 3.63) is 56.8 Å². The van der Waals surface area contributed by atoms with Crippen molar-refractivity contribution in [3.8, 4) is 0 Å². The molecule has 1 aliphatic rings. The van der Waals surface area contributed by atoms with Crippen LogP contribution in [0, 0.1) is 11.6 Å². The molecule has 0 fully saturated rings. The van der Waals surface area contributed by atoms with E-state index in [1.54, 1.807) is 0 Å². The molecule has 1 heterocycles. The molecule has 0 unspecified atom stereocenters. The van der Waals surface area contributed by atoms with Crippen molar-refractivity contribution >= 4 is 23.5 Å². The summed E-state index contributed by atoms with van der Waals surface area (Å²) in [6, 6.07) is 5.46. The van der Waals surface area contributed by atoms with Gasteiger partial charge in [0.2, 0.25) is 0 Å². The van der Waals surface area contributed by atoms with Crippen LogP contribution in [0.15, 0.2) is 29.4 Å². The van der Waals surface area contributed by atoms with Crippen molar-refractivity contribution in [2.75, 3.05) is 0 Å². The van der Waals surface area contributed by atoms with Crippen molar-refractivity contribution < 1.29 is 13.6 Å². The number of carbonyl (C=O) groups is 1. The lowest BCUT2D eigenvalue weighted by Crippen LogP contribution is -2.16.